The van der Waals surface area contributed by atoms with Gasteiger partial charge in [0, 0.05) is 0 Å². The van der Waals surface area contributed by atoms with Crippen LogP contribution in [0.25, 0.3) is 0 Å². The van der Waals surface area contributed by atoms with E-state index in [-0.39, 0.29) is 17.8 Å². The molecule has 0 aliphatic carbocycles. The van der Waals surface area contributed by atoms with E-state index in [1.165, 1.54) is 12.1 Å². The Labute approximate surface area is 90.7 Å². The molecule has 1 aromatic carbocycles. The molecule has 1 aliphatic rings. The van der Waals surface area contributed by atoms with Gasteiger partial charge >= 0.3 is 0 Å². The van der Waals surface area contributed by atoms with Crippen LogP contribution in [0.2, 0.25) is 0 Å². The van der Waals surface area contributed by atoms with Gasteiger partial charge in [0.05, 0.1) is 11.5 Å². The van der Waals surface area contributed by atoms with Gasteiger partial charge in [-0.25, -0.2) is 4.39 Å². The summed E-state index contributed by atoms with van der Waals surface area (Å²) in [6.07, 6.45) is 0.454. The maximum atomic E-state index is 12.7. The molecule has 1 unspecified atom stereocenters. The lowest BCUT2D eigenvalue weighted by atomic mass is 10.1. The van der Waals surface area contributed by atoms with E-state index in [1.807, 2.05) is 0 Å². The van der Waals surface area contributed by atoms with E-state index in [4.69, 9.17) is 4.74 Å². The molecule has 0 radical (unpaired) electrons. The maximum Gasteiger partial charge on any atom is 0.293 e. The van der Waals surface area contributed by atoms with Gasteiger partial charge in [-0.15, -0.1) is 0 Å². The molecule has 1 saturated heterocycles. The van der Waals surface area contributed by atoms with E-state index < -0.39 is 4.92 Å². The summed E-state index contributed by atoms with van der Waals surface area (Å²) < 4.78 is 17.9. The van der Waals surface area contributed by atoms with Crippen molar-refractivity contribution in [3.8, 4) is 0 Å². The summed E-state index contributed by atoms with van der Waals surface area (Å²) in [6, 6.07) is 5.84. The van der Waals surface area contributed by atoms with Crippen LogP contribution in [0.3, 0.4) is 0 Å². The molecule has 0 aromatic heterocycles. The highest BCUT2D eigenvalue weighted by atomic mass is 19.1. The highest BCUT2D eigenvalue weighted by Crippen LogP contribution is 2.24. The largest absolute Gasteiger partial charge is 0.465 e. The molecular weight excluding hydrogens is 215 g/mol. The van der Waals surface area contributed by atoms with Crippen LogP contribution in [0.4, 0.5) is 4.39 Å². The molecule has 16 heavy (non-hydrogen) atoms. The normalized spacial score (nSPS) is 21.6. The molecule has 5 nitrogen and oxygen atoms in total. The average molecular weight is 224 g/mol. The molecular formula is C10H9FN2O3. The Kier molecular flexibility index (Phi) is 2.72. The van der Waals surface area contributed by atoms with Crippen molar-refractivity contribution >= 4 is 0 Å². The summed E-state index contributed by atoms with van der Waals surface area (Å²) in [5.41, 5.74) is 0.778. The fraction of sp³-hybridized carbons (Fsp3) is 0.200. The Morgan fingerprint density at radius 3 is 2.81 bits per heavy atom. The molecule has 1 atom stereocenters. The first-order chi connectivity index (χ1) is 7.65. The van der Waals surface area contributed by atoms with Gasteiger partial charge in [0.2, 0.25) is 0 Å². The molecule has 0 spiro atoms. The van der Waals surface area contributed by atoms with Gasteiger partial charge in [-0.1, -0.05) is 12.1 Å². The minimum absolute atomic E-state index is 0.124. The molecule has 1 fully saturated rings. The molecule has 1 aromatic rings. The van der Waals surface area contributed by atoms with Crippen molar-refractivity contribution in [1.29, 1.82) is 0 Å². The summed E-state index contributed by atoms with van der Waals surface area (Å²) >= 11 is 0. The lowest BCUT2D eigenvalue weighted by molar-refractivity contribution is -0.405. The van der Waals surface area contributed by atoms with E-state index in [1.54, 1.807) is 12.1 Å². The smallest absolute Gasteiger partial charge is 0.293 e. The fourth-order valence-corrected chi connectivity index (χ4v) is 1.47. The molecule has 2 rings (SSSR count). The quantitative estimate of drug-likeness (QED) is 0.611. The van der Waals surface area contributed by atoms with E-state index in [2.05, 4.69) is 5.32 Å². The zero-order chi connectivity index (χ0) is 11.5. The summed E-state index contributed by atoms with van der Waals surface area (Å²) in [5, 5.41) is 13.0. The lowest BCUT2D eigenvalue weighted by Gasteiger charge is -2.07. The second-order valence-corrected chi connectivity index (χ2v) is 3.32. The third-order valence-corrected chi connectivity index (χ3v) is 2.20. The maximum absolute atomic E-state index is 12.7. The number of benzene rings is 1. The standard InChI is InChI=1S/C10H9FN2O3/c11-8-3-1-7(2-4-8)9-5-12-10(16-9)6-13(14)15/h1-4,6,9,12H,5H2. The van der Waals surface area contributed by atoms with Crippen LogP contribution < -0.4 is 5.32 Å². The van der Waals surface area contributed by atoms with Gasteiger partial charge in [-0.3, -0.25) is 10.1 Å². The molecule has 0 saturated carbocycles. The molecule has 1 heterocycles. The van der Waals surface area contributed by atoms with E-state index in [0.717, 1.165) is 11.8 Å². The van der Waals surface area contributed by atoms with Crippen molar-refractivity contribution in [2.75, 3.05) is 6.54 Å². The minimum Gasteiger partial charge on any atom is -0.465 e. The minimum atomic E-state index is -0.588. The first-order valence-electron chi connectivity index (χ1n) is 4.66. The van der Waals surface area contributed by atoms with E-state index >= 15 is 0 Å². The highest BCUT2D eigenvalue weighted by Gasteiger charge is 2.23. The predicted molar refractivity (Wildman–Crippen MR) is 53.3 cm³/mol. The number of hydrogen-bond acceptors (Lipinski definition) is 4. The number of rotatable bonds is 2. The fourth-order valence-electron chi connectivity index (χ4n) is 1.47. The number of halogens is 1. The van der Waals surface area contributed by atoms with Gasteiger partial charge in [0.25, 0.3) is 12.1 Å². The zero-order valence-electron chi connectivity index (χ0n) is 8.22. The average Bonchev–Trinajstić information content (AvgIpc) is 2.66. The van der Waals surface area contributed by atoms with Gasteiger partial charge in [0.1, 0.15) is 11.9 Å². The molecule has 6 heteroatoms. The van der Waals surface area contributed by atoms with Crippen LogP contribution in [0.1, 0.15) is 11.7 Å². The van der Waals surface area contributed by atoms with E-state index in [0.29, 0.717) is 6.54 Å². The highest BCUT2D eigenvalue weighted by molar-refractivity contribution is 5.21. The van der Waals surface area contributed by atoms with E-state index in [9.17, 15) is 14.5 Å². The van der Waals surface area contributed by atoms with Crippen molar-refractivity contribution < 1.29 is 14.1 Å². The molecule has 0 amide bonds. The summed E-state index contributed by atoms with van der Waals surface area (Å²) in [6.45, 7) is 0.436. The Bertz CT molecular complexity index is 430. The Balaban J connectivity index is 2.09. The third-order valence-electron chi connectivity index (χ3n) is 2.20. The van der Waals surface area contributed by atoms with Gasteiger partial charge in [-0.2, -0.15) is 0 Å². The second kappa shape index (κ2) is 4.18. The van der Waals surface area contributed by atoms with Crippen molar-refractivity contribution in [1.82, 2.24) is 5.32 Å². The molecule has 84 valence electrons. The number of ether oxygens (including phenoxy) is 1. The second-order valence-electron chi connectivity index (χ2n) is 3.32. The van der Waals surface area contributed by atoms with Gasteiger partial charge < -0.3 is 10.1 Å². The predicted octanol–water partition coefficient (Wildman–Crippen LogP) is 1.56. The Morgan fingerprint density at radius 1 is 1.50 bits per heavy atom. The van der Waals surface area contributed by atoms with Crippen LogP contribution in [0.15, 0.2) is 36.3 Å². The number of nitro groups is 1. The topological polar surface area (TPSA) is 64.4 Å². The first-order valence-corrected chi connectivity index (χ1v) is 4.66. The van der Waals surface area contributed by atoms with Crippen LogP contribution in [-0.2, 0) is 4.74 Å². The third kappa shape index (κ3) is 2.28. The summed E-state index contributed by atoms with van der Waals surface area (Å²) in [7, 11) is 0. The van der Waals surface area contributed by atoms with Crippen LogP contribution >= 0.6 is 0 Å². The monoisotopic (exact) mass is 224 g/mol. The van der Waals surface area contributed by atoms with Crippen LogP contribution in [-0.4, -0.2) is 11.5 Å². The van der Waals surface area contributed by atoms with Crippen LogP contribution in [0.5, 0.6) is 0 Å². The molecule has 0 bridgehead atoms. The van der Waals surface area contributed by atoms with Crippen LogP contribution in [0, 0.1) is 15.9 Å². The Hall–Kier alpha value is -2.11. The SMILES string of the molecule is O=[N+]([O-])C=C1NCC(c2ccc(F)cc2)O1. The zero-order valence-corrected chi connectivity index (χ0v) is 8.22. The number of nitrogens with zero attached hydrogens (tertiary/aromatic N) is 1. The van der Waals surface area contributed by atoms with Gasteiger partial charge in [0.15, 0.2) is 0 Å². The van der Waals surface area contributed by atoms with Crippen molar-refractivity contribution in [2.24, 2.45) is 0 Å². The Morgan fingerprint density at radius 2 is 2.19 bits per heavy atom. The van der Waals surface area contributed by atoms with Crippen molar-refractivity contribution in [3.63, 3.8) is 0 Å². The van der Waals surface area contributed by atoms with Crippen molar-refractivity contribution in [2.45, 2.75) is 6.10 Å². The summed E-state index contributed by atoms with van der Waals surface area (Å²) in [5.74, 6) is -0.199. The van der Waals surface area contributed by atoms with Gasteiger partial charge in [-0.05, 0) is 17.7 Å². The molecule has 1 N–H and O–H groups in total. The number of nitrogens with one attached hydrogen (secondary N) is 1. The molecule has 1 aliphatic heterocycles. The first kappa shape index (κ1) is 10.4. The summed E-state index contributed by atoms with van der Waals surface area (Å²) in [4.78, 5) is 9.61. The van der Waals surface area contributed by atoms with Crippen molar-refractivity contribution in [3.05, 3.63) is 57.8 Å². The lowest BCUT2D eigenvalue weighted by Crippen LogP contribution is -2.08. The number of hydrogen-bond donors (Lipinski definition) is 1.